The average molecular weight is 234 g/mol. The molecule has 1 N–H and O–H groups in total. The van der Waals surface area contributed by atoms with Gasteiger partial charge < -0.3 is 10.2 Å². The standard InChI is InChI=1S/C14H22N2O/c1-14(2,15-11-13(17)16(3)4)10-12-8-6-5-7-9-12/h5-9,15H,10-11H2,1-4H3. The van der Waals surface area contributed by atoms with E-state index in [-0.39, 0.29) is 11.4 Å². The molecule has 0 atom stereocenters. The molecule has 0 unspecified atom stereocenters. The van der Waals surface area contributed by atoms with Crippen LogP contribution in [0.4, 0.5) is 0 Å². The van der Waals surface area contributed by atoms with Gasteiger partial charge in [-0.2, -0.15) is 0 Å². The molecule has 94 valence electrons. The molecule has 0 aliphatic carbocycles. The van der Waals surface area contributed by atoms with E-state index in [0.29, 0.717) is 6.54 Å². The number of nitrogens with zero attached hydrogens (tertiary/aromatic N) is 1. The highest BCUT2D eigenvalue weighted by Crippen LogP contribution is 2.11. The van der Waals surface area contributed by atoms with Crippen molar-refractivity contribution in [2.24, 2.45) is 0 Å². The Labute approximate surface area is 104 Å². The van der Waals surface area contributed by atoms with Crippen LogP contribution in [0.25, 0.3) is 0 Å². The maximum atomic E-state index is 11.5. The quantitative estimate of drug-likeness (QED) is 0.841. The fourth-order valence-electron chi connectivity index (χ4n) is 1.64. The summed E-state index contributed by atoms with van der Waals surface area (Å²) < 4.78 is 0. The number of amides is 1. The molecular formula is C14H22N2O. The zero-order chi connectivity index (χ0) is 12.9. The Balaban J connectivity index is 2.49. The number of benzene rings is 1. The van der Waals surface area contributed by atoms with Crippen LogP contribution in [0.2, 0.25) is 0 Å². The lowest BCUT2D eigenvalue weighted by Gasteiger charge is -2.27. The molecule has 1 aromatic rings. The summed E-state index contributed by atoms with van der Waals surface area (Å²) in [6, 6.07) is 10.3. The fourth-order valence-corrected chi connectivity index (χ4v) is 1.64. The van der Waals surface area contributed by atoms with E-state index in [2.05, 4.69) is 31.3 Å². The minimum atomic E-state index is -0.0764. The van der Waals surface area contributed by atoms with Gasteiger partial charge in [-0.25, -0.2) is 0 Å². The molecule has 0 radical (unpaired) electrons. The van der Waals surface area contributed by atoms with Gasteiger partial charge in [0.15, 0.2) is 0 Å². The summed E-state index contributed by atoms with van der Waals surface area (Å²) in [6.45, 7) is 4.61. The first-order chi connectivity index (χ1) is 7.91. The van der Waals surface area contributed by atoms with Crippen LogP contribution in [-0.2, 0) is 11.2 Å². The van der Waals surface area contributed by atoms with Gasteiger partial charge in [-0.3, -0.25) is 4.79 Å². The first kappa shape index (κ1) is 13.7. The van der Waals surface area contributed by atoms with Gasteiger partial charge in [0.2, 0.25) is 5.91 Å². The van der Waals surface area contributed by atoms with E-state index in [4.69, 9.17) is 0 Å². The van der Waals surface area contributed by atoms with Gasteiger partial charge >= 0.3 is 0 Å². The molecular weight excluding hydrogens is 212 g/mol. The van der Waals surface area contributed by atoms with Gasteiger partial charge in [0.25, 0.3) is 0 Å². The minimum absolute atomic E-state index is 0.0764. The van der Waals surface area contributed by atoms with Crippen molar-refractivity contribution in [1.82, 2.24) is 10.2 Å². The van der Waals surface area contributed by atoms with Crippen LogP contribution in [0.5, 0.6) is 0 Å². The van der Waals surface area contributed by atoms with E-state index < -0.39 is 0 Å². The van der Waals surface area contributed by atoms with E-state index in [0.717, 1.165) is 6.42 Å². The van der Waals surface area contributed by atoms with Crippen molar-refractivity contribution in [1.29, 1.82) is 0 Å². The summed E-state index contributed by atoms with van der Waals surface area (Å²) >= 11 is 0. The molecule has 0 aliphatic heterocycles. The molecule has 0 spiro atoms. The lowest BCUT2D eigenvalue weighted by Crippen LogP contribution is -2.46. The second-order valence-electron chi connectivity index (χ2n) is 5.19. The molecule has 0 saturated heterocycles. The van der Waals surface area contributed by atoms with Crippen molar-refractivity contribution in [3.8, 4) is 0 Å². The number of hydrogen-bond acceptors (Lipinski definition) is 2. The summed E-state index contributed by atoms with van der Waals surface area (Å²) in [5.41, 5.74) is 1.20. The van der Waals surface area contributed by atoms with Crippen LogP contribution in [0.3, 0.4) is 0 Å². The topological polar surface area (TPSA) is 32.3 Å². The Kier molecular flexibility index (Phi) is 4.70. The Bertz CT molecular complexity index is 358. The summed E-state index contributed by atoms with van der Waals surface area (Å²) in [5, 5.41) is 3.30. The number of carbonyl (C=O) groups excluding carboxylic acids is 1. The molecule has 0 fully saturated rings. The van der Waals surface area contributed by atoms with Gasteiger partial charge in [-0.05, 0) is 25.8 Å². The van der Waals surface area contributed by atoms with Crippen LogP contribution in [0, 0.1) is 0 Å². The van der Waals surface area contributed by atoms with Gasteiger partial charge in [-0.1, -0.05) is 30.3 Å². The smallest absolute Gasteiger partial charge is 0.236 e. The predicted octanol–water partition coefficient (Wildman–Crippen LogP) is 1.69. The molecule has 1 amide bonds. The second-order valence-corrected chi connectivity index (χ2v) is 5.19. The third-order valence-corrected chi connectivity index (χ3v) is 2.71. The highest BCUT2D eigenvalue weighted by molar-refractivity contribution is 5.77. The summed E-state index contributed by atoms with van der Waals surface area (Å²) in [4.78, 5) is 13.1. The average Bonchev–Trinajstić information content (AvgIpc) is 2.26. The highest BCUT2D eigenvalue weighted by atomic mass is 16.2. The van der Waals surface area contributed by atoms with E-state index >= 15 is 0 Å². The molecule has 17 heavy (non-hydrogen) atoms. The largest absolute Gasteiger partial charge is 0.348 e. The van der Waals surface area contributed by atoms with Crippen LogP contribution < -0.4 is 5.32 Å². The van der Waals surface area contributed by atoms with Crippen molar-refractivity contribution in [2.75, 3.05) is 20.6 Å². The predicted molar refractivity (Wildman–Crippen MR) is 70.9 cm³/mol. The van der Waals surface area contributed by atoms with Crippen LogP contribution in [0.1, 0.15) is 19.4 Å². The SMILES string of the molecule is CN(C)C(=O)CNC(C)(C)Cc1ccccc1. The van der Waals surface area contributed by atoms with E-state index in [1.807, 2.05) is 18.2 Å². The highest BCUT2D eigenvalue weighted by Gasteiger charge is 2.19. The maximum Gasteiger partial charge on any atom is 0.236 e. The normalized spacial score (nSPS) is 11.3. The zero-order valence-corrected chi connectivity index (χ0v) is 11.2. The van der Waals surface area contributed by atoms with Crippen LogP contribution >= 0.6 is 0 Å². The number of nitrogens with one attached hydrogen (secondary N) is 1. The number of carbonyl (C=O) groups is 1. The Morgan fingerprint density at radius 1 is 1.24 bits per heavy atom. The summed E-state index contributed by atoms with van der Waals surface area (Å²) in [6.07, 6.45) is 0.911. The van der Waals surface area contributed by atoms with Gasteiger partial charge in [0.05, 0.1) is 6.54 Å². The molecule has 1 aromatic carbocycles. The molecule has 1 rings (SSSR count). The van der Waals surface area contributed by atoms with Crippen LogP contribution in [0.15, 0.2) is 30.3 Å². The Hall–Kier alpha value is -1.35. The van der Waals surface area contributed by atoms with Crippen LogP contribution in [-0.4, -0.2) is 37.0 Å². The van der Waals surface area contributed by atoms with Gasteiger partial charge in [0, 0.05) is 19.6 Å². The molecule has 0 bridgehead atoms. The first-order valence-corrected chi connectivity index (χ1v) is 5.90. The number of rotatable bonds is 5. The first-order valence-electron chi connectivity index (χ1n) is 5.90. The Morgan fingerprint density at radius 2 is 1.82 bits per heavy atom. The Morgan fingerprint density at radius 3 is 2.35 bits per heavy atom. The van der Waals surface area contributed by atoms with E-state index in [1.165, 1.54) is 5.56 Å². The van der Waals surface area contributed by atoms with Gasteiger partial charge in [0.1, 0.15) is 0 Å². The second kappa shape index (κ2) is 5.82. The van der Waals surface area contributed by atoms with Crippen molar-refractivity contribution in [3.63, 3.8) is 0 Å². The third-order valence-electron chi connectivity index (χ3n) is 2.71. The lowest BCUT2D eigenvalue weighted by molar-refractivity contribution is -0.128. The van der Waals surface area contributed by atoms with E-state index in [1.54, 1.807) is 19.0 Å². The molecule has 0 aliphatic rings. The van der Waals surface area contributed by atoms with Crippen molar-refractivity contribution < 1.29 is 4.79 Å². The fraction of sp³-hybridized carbons (Fsp3) is 0.500. The third kappa shape index (κ3) is 5.00. The number of likely N-dealkylation sites (N-methyl/N-ethyl adjacent to an activating group) is 1. The van der Waals surface area contributed by atoms with Crippen molar-refractivity contribution >= 4 is 5.91 Å². The summed E-state index contributed by atoms with van der Waals surface area (Å²) in [5.74, 6) is 0.103. The monoisotopic (exact) mass is 234 g/mol. The molecule has 3 heteroatoms. The van der Waals surface area contributed by atoms with Gasteiger partial charge in [-0.15, -0.1) is 0 Å². The molecule has 0 saturated carbocycles. The molecule has 3 nitrogen and oxygen atoms in total. The zero-order valence-electron chi connectivity index (χ0n) is 11.2. The van der Waals surface area contributed by atoms with Crippen molar-refractivity contribution in [3.05, 3.63) is 35.9 Å². The maximum absolute atomic E-state index is 11.5. The lowest BCUT2D eigenvalue weighted by atomic mass is 9.95. The summed E-state index contributed by atoms with van der Waals surface area (Å²) in [7, 11) is 3.54. The molecule has 0 heterocycles. The minimum Gasteiger partial charge on any atom is -0.348 e. The number of hydrogen-bond donors (Lipinski definition) is 1. The van der Waals surface area contributed by atoms with Crippen molar-refractivity contribution in [2.45, 2.75) is 25.8 Å². The molecule has 0 aromatic heterocycles. The van der Waals surface area contributed by atoms with E-state index in [9.17, 15) is 4.79 Å².